The van der Waals surface area contributed by atoms with Crippen LogP contribution < -0.4 is 5.73 Å². The van der Waals surface area contributed by atoms with E-state index < -0.39 is 6.10 Å². The van der Waals surface area contributed by atoms with E-state index in [0.29, 0.717) is 5.69 Å². The summed E-state index contributed by atoms with van der Waals surface area (Å²) in [4.78, 5) is 0. The summed E-state index contributed by atoms with van der Waals surface area (Å²) in [7, 11) is 0. The summed E-state index contributed by atoms with van der Waals surface area (Å²) in [5.41, 5.74) is 7.98. The highest BCUT2D eigenvalue weighted by Crippen LogP contribution is 2.19. The summed E-state index contributed by atoms with van der Waals surface area (Å²) in [5, 5.41) is 25.9. The van der Waals surface area contributed by atoms with E-state index in [9.17, 15) is 5.11 Å². The molecule has 6 nitrogen and oxygen atoms in total. The van der Waals surface area contributed by atoms with Gasteiger partial charge in [-0.2, -0.15) is 0 Å². The molecule has 1 aromatic heterocycles. The molecule has 0 aliphatic carbocycles. The minimum atomic E-state index is -0.843. The van der Waals surface area contributed by atoms with Crippen LogP contribution in [-0.4, -0.2) is 37.9 Å². The molecular formula is C11H14N4O2. The van der Waals surface area contributed by atoms with Crippen LogP contribution in [0.2, 0.25) is 0 Å². The molecule has 0 aliphatic heterocycles. The van der Waals surface area contributed by atoms with Gasteiger partial charge in [-0.1, -0.05) is 17.3 Å². The molecular weight excluding hydrogens is 220 g/mol. The third kappa shape index (κ3) is 2.61. The minimum absolute atomic E-state index is 0.205. The SMILES string of the molecule is Nc1ccc(-c2cnnn2CC(O)CO)cc1. The molecule has 0 saturated heterocycles. The average Bonchev–Trinajstić information content (AvgIpc) is 2.78. The number of anilines is 1. The van der Waals surface area contributed by atoms with Crippen molar-refractivity contribution in [1.82, 2.24) is 15.0 Å². The number of aromatic nitrogens is 3. The Hall–Kier alpha value is -1.92. The molecule has 0 saturated carbocycles. The van der Waals surface area contributed by atoms with E-state index in [4.69, 9.17) is 10.8 Å². The van der Waals surface area contributed by atoms with Gasteiger partial charge in [0.2, 0.25) is 0 Å². The number of aliphatic hydroxyl groups excluding tert-OH is 2. The van der Waals surface area contributed by atoms with E-state index >= 15 is 0 Å². The largest absolute Gasteiger partial charge is 0.399 e. The van der Waals surface area contributed by atoms with Gasteiger partial charge in [0, 0.05) is 11.3 Å². The summed E-state index contributed by atoms with van der Waals surface area (Å²) < 4.78 is 1.55. The number of hydrogen-bond donors (Lipinski definition) is 3. The quantitative estimate of drug-likeness (QED) is 0.641. The van der Waals surface area contributed by atoms with E-state index in [-0.39, 0.29) is 13.2 Å². The van der Waals surface area contributed by atoms with Crippen molar-refractivity contribution in [2.24, 2.45) is 0 Å². The third-order valence-electron chi connectivity index (χ3n) is 2.42. The van der Waals surface area contributed by atoms with E-state index in [1.54, 1.807) is 23.0 Å². The second-order valence-corrected chi connectivity index (χ2v) is 3.76. The Labute approximate surface area is 98.3 Å². The van der Waals surface area contributed by atoms with Crippen molar-refractivity contribution in [2.75, 3.05) is 12.3 Å². The van der Waals surface area contributed by atoms with Crippen LogP contribution in [0.4, 0.5) is 5.69 Å². The highest BCUT2D eigenvalue weighted by molar-refractivity contribution is 5.61. The number of nitrogens with two attached hydrogens (primary N) is 1. The Kier molecular flexibility index (Phi) is 3.36. The fourth-order valence-corrected chi connectivity index (χ4v) is 1.53. The molecule has 0 radical (unpaired) electrons. The second kappa shape index (κ2) is 4.94. The lowest BCUT2D eigenvalue weighted by Crippen LogP contribution is -2.21. The predicted octanol–water partition coefficient (Wildman–Crippen LogP) is -0.120. The number of aliphatic hydroxyl groups is 2. The molecule has 1 heterocycles. The Morgan fingerprint density at radius 2 is 2.00 bits per heavy atom. The summed E-state index contributed by atoms with van der Waals surface area (Å²) in [6.45, 7) is -0.1000. The van der Waals surface area contributed by atoms with E-state index in [1.807, 2.05) is 12.1 Å². The molecule has 1 unspecified atom stereocenters. The second-order valence-electron chi connectivity index (χ2n) is 3.76. The highest BCUT2D eigenvalue weighted by atomic mass is 16.3. The maximum atomic E-state index is 9.39. The summed E-state index contributed by atoms with van der Waals surface area (Å²) >= 11 is 0. The maximum Gasteiger partial charge on any atom is 0.0967 e. The molecule has 2 rings (SSSR count). The van der Waals surface area contributed by atoms with Crippen molar-refractivity contribution in [3.05, 3.63) is 30.5 Å². The van der Waals surface area contributed by atoms with Crippen molar-refractivity contribution in [3.63, 3.8) is 0 Å². The van der Waals surface area contributed by atoms with Gasteiger partial charge in [-0.25, -0.2) is 4.68 Å². The Morgan fingerprint density at radius 1 is 1.29 bits per heavy atom. The van der Waals surface area contributed by atoms with Crippen LogP contribution in [-0.2, 0) is 6.54 Å². The van der Waals surface area contributed by atoms with Crippen LogP contribution in [0.3, 0.4) is 0 Å². The smallest absolute Gasteiger partial charge is 0.0967 e. The molecule has 6 heteroatoms. The molecule has 0 bridgehead atoms. The molecule has 1 aromatic carbocycles. The van der Waals surface area contributed by atoms with Gasteiger partial charge in [0.1, 0.15) is 0 Å². The number of rotatable bonds is 4. The lowest BCUT2D eigenvalue weighted by molar-refractivity contribution is 0.0782. The van der Waals surface area contributed by atoms with Gasteiger partial charge in [0.15, 0.2) is 0 Å². The number of nitrogens with zero attached hydrogens (tertiary/aromatic N) is 3. The third-order valence-corrected chi connectivity index (χ3v) is 2.42. The van der Waals surface area contributed by atoms with Crippen molar-refractivity contribution in [2.45, 2.75) is 12.6 Å². The van der Waals surface area contributed by atoms with Crippen molar-refractivity contribution in [1.29, 1.82) is 0 Å². The molecule has 4 N–H and O–H groups in total. The fourth-order valence-electron chi connectivity index (χ4n) is 1.53. The Bertz CT molecular complexity index is 480. The summed E-state index contributed by atoms with van der Waals surface area (Å²) in [5.74, 6) is 0. The van der Waals surface area contributed by atoms with Crippen molar-refractivity contribution < 1.29 is 10.2 Å². The highest BCUT2D eigenvalue weighted by Gasteiger charge is 2.10. The van der Waals surface area contributed by atoms with Gasteiger partial charge in [-0.05, 0) is 12.1 Å². The van der Waals surface area contributed by atoms with Gasteiger partial charge >= 0.3 is 0 Å². The van der Waals surface area contributed by atoms with Crippen molar-refractivity contribution in [3.8, 4) is 11.3 Å². The van der Waals surface area contributed by atoms with Crippen LogP contribution in [0.1, 0.15) is 0 Å². The van der Waals surface area contributed by atoms with Crippen LogP contribution in [0.25, 0.3) is 11.3 Å². The summed E-state index contributed by atoms with van der Waals surface area (Å²) in [6.07, 6.45) is 0.763. The molecule has 0 fully saturated rings. The Balaban J connectivity index is 2.27. The van der Waals surface area contributed by atoms with E-state index in [1.165, 1.54) is 0 Å². The summed E-state index contributed by atoms with van der Waals surface area (Å²) in [6, 6.07) is 7.29. The first-order chi connectivity index (χ1) is 8.20. The first kappa shape index (κ1) is 11.6. The first-order valence-corrected chi connectivity index (χ1v) is 5.24. The van der Waals surface area contributed by atoms with E-state index in [0.717, 1.165) is 11.3 Å². The van der Waals surface area contributed by atoms with Gasteiger partial charge in [0.25, 0.3) is 0 Å². The standard InChI is InChI=1S/C11H14N4O2/c12-9-3-1-8(2-4-9)11-5-13-14-15(11)6-10(17)7-16/h1-5,10,16-17H,6-7,12H2. The van der Waals surface area contributed by atoms with Crippen molar-refractivity contribution >= 4 is 5.69 Å². The van der Waals surface area contributed by atoms with Gasteiger partial charge in [-0.15, -0.1) is 5.10 Å². The number of hydrogen-bond acceptors (Lipinski definition) is 5. The zero-order chi connectivity index (χ0) is 12.3. The zero-order valence-corrected chi connectivity index (χ0v) is 9.19. The monoisotopic (exact) mass is 234 g/mol. The first-order valence-electron chi connectivity index (χ1n) is 5.24. The average molecular weight is 234 g/mol. The van der Waals surface area contributed by atoms with Crippen LogP contribution in [0.5, 0.6) is 0 Å². The predicted molar refractivity (Wildman–Crippen MR) is 63.0 cm³/mol. The fraction of sp³-hybridized carbons (Fsp3) is 0.273. The van der Waals surface area contributed by atoms with E-state index in [2.05, 4.69) is 10.3 Å². The van der Waals surface area contributed by atoms with Gasteiger partial charge < -0.3 is 15.9 Å². The zero-order valence-electron chi connectivity index (χ0n) is 9.19. The van der Waals surface area contributed by atoms with Gasteiger partial charge in [-0.3, -0.25) is 0 Å². The number of nitrogen functional groups attached to an aromatic ring is 1. The Morgan fingerprint density at radius 3 is 2.65 bits per heavy atom. The lowest BCUT2D eigenvalue weighted by atomic mass is 10.1. The van der Waals surface area contributed by atoms with Gasteiger partial charge in [0.05, 0.1) is 31.1 Å². The molecule has 2 aromatic rings. The topological polar surface area (TPSA) is 97.2 Å². The molecule has 0 amide bonds. The minimum Gasteiger partial charge on any atom is -0.399 e. The molecule has 1 atom stereocenters. The maximum absolute atomic E-state index is 9.39. The number of benzene rings is 1. The van der Waals surface area contributed by atoms with Crippen LogP contribution in [0.15, 0.2) is 30.5 Å². The normalized spacial score (nSPS) is 12.6. The molecule has 17 heavy (non-hydrogen) atoms. The molecule has 0 spiro atoms. The molecule has 0 aliphatic rings. The lowest BCUT2D eigenvalue weighted by Gasteiger charge is -2.09. The molecule has 90 valence electrons. The van der Waals surface area contributed by atoms with Crippen LogP contribution in [0, 0.1) is 0 Å². The van der Waals surface area contributed by atoms with Crippen LogP contribution >= 0.6 is 0 Å².